The van der Waals surface area contributed by atoms with Gasteiger partial charge in [-0.2, -0.15) is 8.78 Å². The molecule has 98 valence electrons. The summed E-state index contributed by atoms with van der Waals surface area (Å²) in [6, 6.07) is -1.51. The van der Waals surface area contributed by atoms with E-state index in [1.54, 1.807) is 0 Å². The predicted molar refractivity (Wildman–Crippen MR) is 55.0 cm³/mol. The average molecular weight is 281 g/mol. The number of halogens is 2. The van der Waals surface area contributed by atoms with E-state index in [1.165, 1.54) is 5.73 Å². The molecule has 1 rings (SSSR count). The van der Waals surface area contributed by atoms with Gasteiger partial charge in [-0.05, 0) is 6.08 Å². The van der Waals surface area contributed by atoms with Crippen LogP contribution in [0.25, 0.3) is 0 Å². The third-order valence-electron chi connectivity index (χ3n) is 2.37. The van der Waals surface area contributed by atoms with Crippen LogP contribution in [-0.2, 0) is 13.8 Å². The van der Waals surface area contributed by atoms with Crippen molar-refractivity contribution in [3.05, 3.63) is 17.9 Å². The lowest BCUT2D eigenvalue weighted by Crippen LogP contribution is -2.47. The Labute approximate surface area is 103 Å². The van der Waals surface area contributed by atoms with Crippen LogP contribution in [0, 0.1) is 0 Å². The summed E-state index contributed by atoms with van der Waals surface area (Å²) in [4.78, 5) is 8.63. The minimum absolute atomic E-state index is 0.478. The van der Waals surface area contributed by atoms with Crippen molar-refractivity contribution in [2.75, 3.05) is 6.61 Å². The molecule has 0 aromatic carbocycles. The lowest BCUT2D eigenvalue weighted by Gasteiger charge is -2.24. The van der Waals surface area contributed by atoms with Crippen LogP contribution in [0.5, 0.6) is 0 Å². The summed E-state index contributed by atoms with van der Waals surface area (Å²) < 4.78 is 43.8. The molecule has 0 saturated carbocycles. The zero-order chi connectivity index (χ0) is 13.9. The average Bonchev–Trinajstić information content (AvgIpc) is 2.51. The molecule has 3 N–H and O–H groups in total. The van der Waals surface area contributed by atoms with Crippen LogP contribution < -0.4 is 0 Å². The Morgan fingerprint density at radius 2 is 2.28 bits per heavy atom. The molecule has 0 amide bonds. The first-order valence-corrected chi connectivity index (χ1v) is 5.80. The quantitative estimate of drug-likeness (QED) is 0.368. The molecule has 5 unspecified atom stereocenters. The zero-order valence-corrected chi connectivity index (χ0v) is 9.76. The Kier molecular flexibility index (Phi) is 5.13. The van der Waals surface area contributed by atoms with Crippen molar-refractivity contribution >= 4 is 16.1 Å². The number of aliphatic hydroxyl groups excluding tert-OH is 1. The molecule has 5 atom stereocenters. The van der Waals surface area contributed by atoms with Gasteiger partial charge in [0.05, 0.1) is 12.6 Å². The van der Waals surface area contributed by atoms with E-state index in [0.717, 1.165) is 0 Å². The first-order chi connectivity index (χ1) is 8.31. The van der Waals surface area contributed by atoms with E-state index in [9.17, 15) is 18.5 Å². The number of aliphatic hydroxyl groups is 2. The first kappa shape index (κ1) is 15.4. The Balaban J connectivity index is 3.11. The van der Waals surface area contributed by atoms with Gasteiger partial charge in [0.1, 0.15) is 19.6 Å². The first-order valence-electron chi connectivity index (χ1n) is 4.67. The summed E-state index contributed by atoms with van der Waals surface area (Å²) in [7, 11) is 2.22. The van der Waals surface area contributed by atoms with Crippen molar-refractivity contribution in [2.45, 2.75) is 23.8 Å². The van der Waals surface area contributed by atoms with E-state index in [0.29, 0.717) is 6.08 Å². The van der Waals surface area contributed by atoms with E-state index in [4.69, 9.17) is 22.6 Å². The number of hydrogen-bond acceptors (Lipinski definition) is 5. The molecular weight excluding hydrogens is 272 g/mol. The van der Waals surface area contributed by atoms with Gasteiger partial charge < -0.3 is 14.9 Å². The highest BCUT2D eigenvalue weighted by molar-refractivity contribution is 7.32. The molecule has 18 heavy (non-hydrogen) atoms. The molecule has 1 aliphatic rings. The zero-order valence-electron chi connectivity index (χ0n) is 8.86. The Morgan fingerprint density at radius 1 is 1.67 bits per heavy atom. The van der Waals surface area contributed by atoms with Gasteiger partial charge >= 0.3 is 14.3 Å². The van der Waals surface area contributed by atoms with Crippen molar-refractivity contribution in [1.82, 2.24) is 0 Å². The highest BCUT2D eigenvalue weighted by atomic mass is 31.1. The maximum atomic E-state index is 11.9. The highest BCUT2D eigenvalue weighted by Gasteiger charge is 2.56. The lowest BCUT2D eigenvalue weighted by molar-refractivity contribution is -0.0140. The summed E-state index contributed by atoms with van der Waals surface area (Å²) in [6.45, 7) is -0.681. The van der Waals surface area contributed by atoms with Crippen molar-refractivity contribution in [1.29, 1.82) is 0 Å². The van der Waals surface area contributed by atoms with Crippen molar-refractivity contribution in [3.8, 4) is 0 Å². The molecule has 0 aromatic rings. The van der Waals surface area contributed by atoms with Gasteiger partial charge in [0.25, 0.3) is 0 Å². The van der Waals surface area contributed by atoms with Crippen molar-refractivity contribution in [2.24, 2.45) is 0 Å². The molecule has 2 radical (unpaired) electrons. The largest absolute Gasteiger partial charge is 0.695 e. The fourth-order valence-corrected chi connectivity index (χ4v) is 2.05. The lowest BCUT2D eigenvalue weighted by atomic mass is 9.80. The van der Waals surface area contributed by atoms with Crippen molar-refractivity contribution in [3.63, 3.8) is 0 Å². The van der Waals surface area contributed by atoms with E-state index < -0.39 is 44.8 Å². The molecular formula is C8H9BF2O6P+. The highest BCUT2D eigenvalue weighted by Crippen LogP contribution is 2.37. The molecule has 0 bridgehead atoms. The second kappa shape index (κ2) is 5.99. The van der Waals surface area contributed by atoms with Crippen molar-refractivity contribution < 1.29 is 37.7 Å². The van der Waals surface area contributed by atoms with Crippen LogP contribution in [-0.4, -0.2) is 53.4 Å². The SMILES string of the molecule is [B]C1OC(CO)C(O[P+](=O)O)C1(O)C=C=C(F)F. The van der Waals surface area contributed by atoms with E-state index >= 15 is 0 Å². The van der Waals surface area contributed by atoms with E-state index in [2.05, 4.69) is 4.52 Å². The number of ether oxygens (including phenoxy) is 1. The topological polar surface area (TPSA) is 96.2 Å². The second-order valence-electron chi connectivity index (χ2n) is 3.48. The van der Waals surface area contributed by atoms with E-state index in [1.807, 2.05) is 0 Å². The van der Waals surface area contributed by atoms with Gasteiger partial charge in [-0.25, -0.2) is 0 Å². The smallest absolute Gasteiger partial charge is 0.394 e. The monoisotopic (exact) mass is 281 g/mol. The summed E-state index contributed by atoms with van der Waals surface area (Å²) in [5.41, 5.74) is -0.885. The second-order valence-corrected chi connectivity index (χ2v) is 4.16. The van der Waals surface area contributed by atoms with Gasteiger partial charge in [-0.3, -0.25) is 0 Å². The molecule has 1 heterocycles. The summed E-state index contributed by atoms with van der Waals surface area (Å²) in [5, 5.41) is 19.0. The molecule has 10 heteroatoms. The van der Waals surface area contributed by atoms with Crippen LogP contribution >= 0.6 is 8.25 Å². The maximum Gasteiger partial charge on any atom is 0.695 e. The van der Waals surface area contributed by atoms with Crippen LogP contribution in [0.15, 0.2) is 17.9 Å². The summed E-state index contributed by atoms with van der Waals surface area (Å²) in [6.07, 6.45) is -4.54. The van der Waals surface area contributed by atoms with Crippen LogP contribution in [0.1, 0.15) is 0 Å². The molecule has 1 aliphatic heterocycles. The number of rotatable bonds is 4. The maximum absolute atomic E-state index is 11.9. The van der Waals surface area contributed by atoms with Gasteiger partial charge in [-0.1, -0.05) is 5.73 Å². The molecule has 0 spiro atoms. The molecule has 0 aromatic heterocycles. The summed E-state index contributed by atoms with van der Waals surface area (Å²) >= 11 is 0. The standard InChI is InChI=1S/C8H8BF2O6P/c9-7-8(13,2-1-5(10)11)6(17-18(14)15)4(3-12)16-7/h2,4,6-7,12-13H,3H2/p+1. The third-order valence-corrected chi connectivity index (χ3v) is 2.77. The summed E-state index contributed by atoms with van der Waals surface area (Å²) in [5.74, 6) is 0. The Bertz CT molecular complexity index is 397. The van der Waals surface area contributed by atoms with Gasteiger partial charge in [0.2, 0.25) is 0 Å². The van der Waals surface area contributed by atoms with E-state index in [-0.39, 0.29) is 0 Å². The third kappa shape index (κ3) is 3.21. The van der Waals surface area contributed by atoms with Gasteiger partial charge in [0.15, 0.2) is 6.10 Å². The van der Waals surface area contributed by atoms with Crippen LogP contribution in [0.3, 0.4) is 0 Å². The normalized spacial score (nSPS) is 36.1. The van der Waals surface area contributed by atoms with Gasteiger partial charge in [0, 0.05) is 4.57 Å². The number of hydrogen-bond donors (Lipinski definition) is 3. The molecule has 1 fully saturated rings. The van der Waals surface area contributed by atoms with Gasteiger partial charge in [-0.15, -0.1) is 9.42 Å². The molecule has 0 aliphatic carbocycles. The fourth-order valence-electron chi connectivity index (χ4n) is 1.55. The van der Waals surface area contributed by atoms with Crippen LogP contribution in [0.2, 0.25) is 0 Å². The Hall–Kier alpha value is -0.655. The molecule has 1 saturated heterocycles. The van der Waals surface area contributed by atoms with Crippen LogP contribution in [0.4, 0.5) is 8.78 Å². The predicted octanol–water partition coefficient (Wildman–Crippen LogP) is -0.426. The minimum Gasteiger partial charge on any atom is -0.394 e. The minimum atomic E-state index is -3.15. The Morgan fingerprint density at radius 3 is 2.72 bits per heavy atom. The fraction of sp³-hybridized carbons (Fsp3) is 0.625. The molecule has 6 nitrogen and oxygen atoms in total.